The van der Waals surface area contributed by atoms with Gasteiger partial charge in [0.2, 0.25) is 0 Å². The molecule has 202 valence electrons. The number of amides is 2. The molecule has 1 aromatic carbocycles. The normalized spacial score (nSPS) is 40.3. The van der Waals surface area contributed by atoms with Gasteiger partial charge < -0.3 is 24.2 Å². The summed E-state index contributed by atoms with van der Waals surface area (Å²) < 4.78 is 17.9. The minimum Gasteiger partial charge on any atom is -0.482 e. The second-order valence-electron chi connectivity index (χ2n) is 12.3. The van der Waals surface area contributed by atoms with Gasteiger partial charge in [-0.3, -0.25) is 15.1 Å². The number of carbonyl (C=O) groups is 2. The van der Waals surface area contributed by atoms with Gasteiger partial charge in [-0.15, -0.1) is 0 Å². The van der Waals surface area contributed by atoms with Gasteiger partial charge in [-0.25, -0.2) is 9.80 Å². The van der Waals surface area contributed by atoms with E-state index >= 15 is 0 Å². The Labute approximate surface area is 221 Å². The lowest BCUT2D eigenvalue weighted by Crippen LogP contribution is -2.62. The average Bonchev–Trinajstić information content (AvgIpc) is 3.57. The number of hydrogen-bond acceptors (Lipinski definition) is 8. The number of likely N-dealkylation sites (tertiary alicyclic amines) is 2. The van der Waals surface area contributed by atoms with E-state index in [9.17, 15) is 14.7 Å². The molecule has 4 fully saturated rings. The third-order valence-corrected chi connectivity index (χ3v) is 10.3. The van der Waals surface area contributed by atoms with Gasteiger partial charge in [0, 0.05) is 54.5 Å². The highest BCUT2D eigenvalue weighted by Crippen LogP contribution is 2.72. The van der Waals surface area contributed by atoms with E-state index in [-0.39, 0.29) is 28.8 Å². The van der Waals surface area contributed by atoms with Crippen LogP contribution in [0.15, 0.2) is 24.3 Å². The Morgan fingerprint density at radius 3 is 2.84 bits per heavy atom. The van der Waals surface area contributed by atoms with Gasteiger partial charge in [-0.2, -0.15) is 0 Å². The minimum absolute atomic E-state index is 0.189. The molecule has 4 aliphatic heterocycles. The number of nitrogens with zero attached hydrogens (tertiary/aromatic N) is 3. The number of fused-ring (bicyclic) bond motifs is 1. The van der Waals surface area contributed by atoms with E-state index < -0.39 is 18.2 Å². The van der Waals surface area contributed by atoms with Gasteiger partial charge in [-0.05, 0) is 44.4 Å². The highest BCUT2D eigenvalue weighted by molar-refractivity contribution is 5.86. The molecule has 1 saturated carbocycles. The third kappa shape index (κ3) is 2.92. The van der Waals surface area contributed by atoms with Gasteiger partial charge in [0.25, 0.3) is 5.91 Å². The van der Waals surface area contributed by atoms with Crippen molar-refractivity contribution < 1.29 is 28.9 Å². The van der Waals surface area contributed by atoms with Crippen LogP contribution in [0.2, 0.25) is 0 Å². The van der Waals surface area contributed by atoms with Gasteiger partial charge in [0.05, 0.1) is 13.2 Å². The zero-order valence-corrected chi connectivity index (χ0v) is 21.6. The lowest BCUT2D eigenvalue weighted by atomic mass is 9.60. The molecule has 38 heavy (non-hydrogen) atoms. The number of ether oxygens (including phenoxy) is 3. The minimum atomic E-state index is -0.708. The van der Waals surface area contributed by atoms with E-state index in [2.05, 4.69) is 29.5 Å². The molecule has 0 radical (unpaired) electrons. The summed E-state index contributed by atoms with van der Waals surface area (Å²) in [6.45, 7) is 3.92. The highest BCUT2D eigenvalue weighted by atomic mass is 16.6. The Bertz CT molecular complexity index is 1250. The third-order valence-electron chi connectivity index (χ3n) is 10.3. The SMILES string of the molecule is CN1CC23Cc4ccc(OC(=O)N5CCCC5C(=O)NN5CCOCC5)c5c4C4(C2)C(C=CC(O)C4O5)C13. The Morgan fingerprint density at radius 1 is 1.18 bits per heavy atom. The second-order valence-corrected chi connectivity index (χ2v) is 12.3. The van der Waals surface area contributed by atoms with Crippen molar-refractivity contribution in [1.82, 2.24) is 20.2 Å². The molecule has 3 aliphatic carbocycles. The van der Waals surface area contributed by atoms with E-state index in [4.69, 9.17) is 14.2 Å². The van der Waals surface area contributed by atoms with Crippen LogP contribution in [-0.2, 0) is 21.4 Å². The van der Waals surface area contributed by atoms with E-state index in [1.165, 1.54) is 10.5 Å². The summed E-state index contributed by atoms with van der Waals surface area (Å²) in [4.78, 5) is 30.5. The fourth-order valence-corrected chi connectivity index (χ4v) is 9.12. The number of carbonyl (C=O) groups excluding carboxylic acids is 2. The van der Waals surface area contributed by atoms with Crippen LogP contribution in [0.25, 0.3) is 0 Å². The Hall–Kier alpha value is -2.66. The predicted molar refractivity (Wildman–Crippen MR) is 135 cm³/mol. The van der Waals surface area contributed by atoms with Crippen molar-refractivity contribution in [2.45, 2.75) is 55.4 Å². The number of nitrogens with one attached hydrogen (secondary N) is 1. The molecule has 2 amide bonds. The van der Waals surface area contributed by atoms with Crippen molar-refractivity contribution >= 4 is 12.0 Å². The summed E-state index contributed by atoms with van der Waals surface area (Å²) in [5.74, 6) is 1.05. The lowest BCUT2D eigenvalue weighted by Gasteiger charge is -2.54. The number of morpholine rings is 1. The van der Waals surface area contributed by atoms with Crippen molar-refractivity contribution in [2.75, 3.05) is 46.4 Å². The molecule has 8 rings (SSSR count). The summed E-state index contributed by atoms with van der Waals surface area (Å²) in [5, 5.41) is 12.9. The average molecular weight is 523 g/mol. The molecule has 7 atom stereocenters. The van der Waals surface area contributed by atoms with E-state index in [0.717, 1.165) is 31.4 Å². The standard InChI is InChI=1S/C28H34N4O6/c1-30-15-27-13-16-4-7-20(22-21(16)28(14-27)17(23(27)30)5-6-19(33)24(28)38-22)37-26(35)32-8-2-3-18(32)25(34)29-31-9-11-36-12-10-31/h4-7,17-19,23-24,33H,2-3,8-15H2,1H3,(H,29,34). The number of rotatable bonds is 3. The molecular weight excluding hydrogens is 488 g/mol. The van der Waals surface area contributed by atoms with Crippen LogP contribution >= 0.6 is 0 Å². The first-order chi connectivity index (χ1) is 18.4. The molecule has 2 N–H and O–H groups in total. The van der Waals surface area contributed by atoms with Crippen LogP contribution in [-0.4, -0.2) is 103 Å². The molecular formula is C28H34N4O6. The molecule has 4 heterocycles. The topological polar surface area (TPSA) is 104 Å². The van der Waals surface area contributed by atoms with Crippen LogP contribution in [0, 0.1) is 11.3 Å². The first-order valence-electron chi connectivity index (χ1n) is 13.9. The maximum Gasteiger partial charge on any atom is 0.416 e. The summed E-state index contributed by atoms with van der Waals surface area (Å²) in [5.41, 5.74) is 5.22. The van der Waals surface area contributed by atoms with Crippen molar-refractivity contribution in [1.29, 1.82) is 0 Å². The molecule has 2 bridgehead atoms. The molecule has 2 spiro atoms. The van der Waals surface area contributed by atoms with Crippen LogP contribution in [0.3, 0.4) is 0 Å². The van der Waals surface area contributed by atoms with E-state index in [1.807, 2.05) is 17.2 Å². The number of benzene rings is 1. The zero-order chi connectivity index (χ0) is 25.8. The van der Waals surface area contributed by atoms with Gasteiger partial charge in [0.15, 0.2) is 11.5 Å². The number of hydrazine groups is 1. The van der Waals surface area contributed by atoms with Crippen LogP contribution in [0.1, 0.15) is 30.4 Å². The number of aliphatic hydroxyl groups excluding tert-OH is 1. The Balaban J connectivity index is 1.08. The van der Waals surface area contributed by atoms with E-state index in [0.29, 0.717) is 56.8 Å². The monoisotopic (exact) mass is 522 g/mol. The van der Waals surface area contributed by atoms with Crippen molar-refractivity contribution in [2.24, 2.45) is 11.3 Å². The molecule has 3 saturated heterocycles. The maximum atomic E-state index is 13.4. The first kappa shape index (κ1) is 23.2. The second kappa shape index (κ2) is 7.94. The summed E-state index contributed by atoms with van der Waals surface area (Å²) in [7, 11) is 2.19. The molecule has 7 aliphatic rings. The van der Waals surface area contributed by atoms with Crippen LogP contribution in [0.5, 0.6) is 11.5 Å². The van der Waals surface area contributed by atoms with Crippen LogP contribution in [0.4, 0.5) is 4.79 Å². The molecule has 10 nitrogen and oxygen atoms in total. The largest absolute Gasteiger partial charge is 0.482 e. The van der Waals surface area contributed by atoms with Gasteiger partial charge in [-0.1, -0.05) is 18.2 Å². The van der Waals surface area contributed by atoms with Gasteiger partial charge in [0.1, 0.15) is 18.2 Å². The zero-order valence-electron chi connectivity index (χ0n) is 21.6. The quantitative estimate of drug-likeness (QED) is 0.563. The molecule has 0 aromatic heterocycles. The highest BCUT2D eigenvalue weighted by Gasteiger charge is 2.75. The predicted octanol–water partition coefficient (Wildman–Crippen LogP) is 0.819. The summed E-state index contributed by atoms with van der Waals surface area (Å²) in [6, 6.07) is 3.78. The number of aliphatic hydroxyl groups is 1. The number of hydrogen-bond donors (Lipinski definition) is 2. The Morgan fingerprint density at radius 2 is 2.03 bits per heavy atom. The summed E-state index contributed by atoms with van der Waals surface area (Å²) >= 11 is 0. The van der Waals surface area contributed by atoms with E-state index in [1.54, 1.807) is 0 Å². The van der Waals surface area contributed by atoms with Crippen LogP contribution < -0.4 is 14.9 Å². The lowest BCUT2D eigenvalue weighted by molar-refractivity contribution is -0.131. The molecule has 10 heteroatoms. The maximum absolute atomic E-state index is 13.4. The van der Waals surface area contributed by atoms with Crippen molar-refractivity contribution in [3.05, 3.63) is 35.4 Å². The smallest absolute Gasteiger partial charge is 0.416 e. The summed E-state index contributed by atoms with van der Waals surface area (Å²) in [6.07, 6.45) is 5.77. The first-order valence-corrected chi connectivity index (χ1v) is 13.9. The molecule has 7 unspecified atom stereocenters. The van der Waals surface area contributed by atoms with Crippen molar-refractivity contribution in [3.8, 4) is 11.5 Å². The van der Waals surface area contributed by atoms with Crippen molar-refractivity contribution in [3.63, 3.8) is 0 Å². The fraction of sp³-hybridized carbons (Fsp3) is 0.643. The fourth-order valence-electron chi connectivity index (χ4n) is 9.12. The Kier molecular flexibility index (Phi) is 4.86. The molecule has 1 aromatic rings. The van der Waals surface area contributed by atoms with Gasteiger partial charge >= 0.3 is 6.09 Å².